The molecule has 3 rings (SSSR count). The Hall–Kier alpha value is -2.96. The standard InChI is InChI=1S/C19H21FN4O2/c1-5-17-21-18(26-22-17)11-23(4)19(25)16-10-12(2)24(13(16)3)15-8-6-14(20)7-9-15/h6-10H,5,11H2,1-4H3. The Balaban J connectivity index is 1.85. The summed E-state index contributed by atoms with van der Waals surface area (Å²) in [7, 11) is 1.70. The van der Waals surface area contributed by atoms with Crippen molar-refractivity contribution in [1.29, 1.82) is 0 Å². The van der Waals surface area contributed by atoms with Gasteiger partial charge in [-0.2, -0.15) is 4.98 Å². The molecule has 136 valence electrons. The number of aryl methyl sites for hydroxylation is 2. The van der Waals surface area contributed by atoms with Crippen molar-refractivity contribution in [3.63, 3.8) is 0 Å². The number of hydrogen-bond donors (Lipinski definition) is 0. The summed E-state index contributed by atoms with van der Waals surface area (Å²) in [6, 6.07) is 8.03. The van der Waals surface area contributed by atoms with Crippen molar-refractivity contribution in [2.75, 3.05) is 7.05 Å². The van der Waals surface area contributed by atoms with E-state index in [2.05, 4.69) is 10.1 Å². The third kappa shape index (κ3) is 3.37. The molecule has 2 heterocycles. The summed E-state index contributed by atoms with van der Waals surface area (Å²) in [5.41, 5.74) is 3.10. The number of carbonyl (C=O) groups excluding carboxylic acids is 1. The SMILES string of the molecule is CCc1noc(CN(C)C(=O)c2cc(C)n(-c3ccc(F)cc3)c2C)n1. The van der Waals surface area contributed by atoms with E-state index in [1.807, 2.05) is 31.4 Å². The second-order valence-electron chi connectivity index (χ2n) is 6.22. The smallest absolute Gasteiger partial charge is 0.255 e. The van der Waals surface area contributed by atoms with Crippen LogP contribution in [0.15, 0.2) is 34.9 Å². The summed E-state index contributed by atoms with van der Waals surface area (Å²) < 4.78 is 20.3. The van der Waals surface area contributed by atoms with Gasteiger partial charge in [0, 0.05) is 30.5 Å². The van der Waals surface area contributed by atoms with Crippen LogP contribution in [0, 0.1) is 19.7 Å². The van der Waals surface area contributed by atoms with Crippen molar-refractivity contribution in [1.82, 2.24) is 19.6 Å². The van der Waals surface area contributed by atoms with Crippen LogP contribution in [0.25, 0.3) is 5.69 Å². The van der Waals surface area contributed by atoms with Gasteiger partial charge in [-0.15, -0.1) is 0 Å². The monoisotopic (exact) mass is 356 g/mol. The number of aromatic nitrogens is 3. The summed E-state index contributed by atoms with van der Waals surface area (Å²) in [6.07, 6.45) is 0.681. The molecule has 26 heavy (non-hydrogen) atoms. The molecule has 1 aromatic carbocycles. The predicted molar refractivity (Wildman–Crippen MR) is 94.7 cm³/mol. The minimum Gasteiger partial charge on any atom is -0.337 e. The van der Waals surface area contributed by atoms with Gasteiger partial charge in [-0.3, -0.25) is 4.79 Å². The minimum absolute atomic E-state index is 0.136. The number of carbonyl (C=O) groups is 1. The zero-order chi connectivity index (χ0) is 18.8. The van der Waals surface area contributed by atoms with Crippen LogP contribution in [0.1, 0.15) is 40.4 Å². The topological polar surface area (TPSA) is 64.2 Å². The van der Waals surface area contributed by atoms with E-state index in [0.29, 0.717) is 23.7 Å². The number of halogens is 1. The van der Waals surface area contributed by atoms with Crippen LogP contribution >= 0.6 is 0 Å². The molecular weight excluding hydrogens is 335 g/mol. The third-order valence-corrected chi connectivity index (χ3v) is 4.29. The number of rotatable bonds is 5. The van der Waals surface area contributed by atoms with E-state index in [-0.39, 0.29) is 18.3 Å². The molecule has 0 radical (unpaired) electrons. The zero-order valence-corrected chi connectivity index (χ0v) is 15.3. The third-order valence-electron chi connectivity index (χ3n) is 4.29. The molecule has 0 aliphatic heterocycles. The highest BCUT2D eigenvalue weighted by Crippen LogP contribution is 2.22. The van der Waals surface area contributed by atoms with Gasteiger partial charge in [0.1, 0.15) is 5.82 Å². The summed E-state index contributed by atoms with van der Waals surface area (Å²) in [4.78, 5) is 18.6. The molecule has 1 amide bonds. The number of hydrogen-bond acceptors (Lipinski definition) is 4. The van der Waals surface area contributed by atoms with Crippen molar-refractivity contribution < 1.29 is 13.7 Å². The van der Waals surface area contributed by atoms with Gasteiger partial charge in [0.05, 0.1) is 12.1 Å². The van der Waals surface area contributed by atoms with Crippen LogP contribution in [0.4, 0.5) is 4.39 Å². The number of nitrogens with zero attached hydrogens (tertiary/aromatic N) is 4. The first-order valence-corrected chi connectivity index (χ1v) is 8.42. The molecule has 0 saturated carbocycles. The molecule has 2 aromatic heterocycles. The van der Waals surface area contributed by atoms with Crippen LogP contribution in [0.2, 0.25) is 0 Å². The fourth-order valence-electron chi connectivity index (χ4n) is 2.95. The Kier molecular flexibility index (Phi) is 4.88. The molecule has 0 atom stereocenters. The van der Waals surface area contributed by atoms with Crippen LogP contribution in [-0.2, 0) is 13.0 Å². The van der Waals surface area contributed by atoms with Crippen molar-refractivity contribution in [3.05, 3.63) is 64.8 Å². The van der Waals surface area contributed by atoms with Gasteiger partial charge < -0.3 is 14.0 Å². The van der Waals surface area contributed by atoms with Crippen molar-refractivity contribution in [3.8, 4) is 5.69 Å². The maximum Gasteiger partial charge on any atom is 0.255 e. The van der Waals surface area contributed by atoms with Gasteiger partial charge in [0.25, 0.3) is 5.91 Å². The molecular formula is C19H21FN4O2. The lowest BCUT2D eigenvalue weighted by molar-refractivity contribution is 0.0769. The average molecular weight is 356 g/mol. The van der Waals surface area contributed by atoms with Crippen LogP contribution in [0.5, 0.6) is 0 Å². The van der Waals surface area contributed by atoms with E-state index in [0.717, 1.165) is 17.1 Å². The van der Waals surface area contributed by atoms with E-state index < -0.39 is 0 Å². The second-order valence-corrected chi connectivity index (χ2v) is 6.22. The molecule has 3 aromatic rings. The van der Waals surface area contributed by atoms with Crippen molar-refractivity contribution in [2.45, 2.75) is 33.7 Å². The quantitative estimate of drug-likeness (QED) is 0.702. The minimum atomic E-state index is -0.293. The lowest BCUT2D eigenvalue weighted by Crippen LogP contribution is -2.26. The van der Waals surface area contributed by atoms with Gasteiger partial charge in [0.15, 0.2) is 5.82 Å². The number of amides is 1. The Bertz CT molecular complexity index is 928. The summed E-state index contributed by atoms with van der Waals surface area (Å²) in [6.45, 7) is 5.97. The molecule has 0 aliphatic rings. The molecule has 0 unspecified atom stereocenters. The molecule has 0 spiro atoms. The summed E-state index contributed by atoms with van der Waals surface area (Å²) in [5, 5.41) is 3.84. The van der Waals surface area contributed by atoms with E-state index in [9.17, 15) is 9.18 Å². The molecule has 0 saturated heterocycles. The average Bonchev–Trinajstić information content (AvgIpc) is 3.19. The highest BCUT2D eigenvalue weighted by Gasteiger charge is 2.21. The lowest BCUT2D eigenvalue weighted by atomic mass is 10.2. The largest absolute Gasteiger partial charge is 0.337 e. The van der Waals surface area contributed by atoms with Gasteiger partial charge in [0.2, 0.25) is 5.89 Å². The molecule has 0 bridgehead atoms. The van der Waals surface area contributed by atoms with E-state index in [1.165, 1.54) is 12.1 Å². The van der Waals surface area contributed by atoms with E-state index >= 15 is 0 Å². The Labute approximate surface area is 151 Å². The fourth-order valence-corrected chi connectivity index (χ4v) is 2.95. The van der Waals surface area contributed by atoms with Crippen LogP contribution in [-0.4, -0.2) is 32.6 Å². The Morgan fingerprint density at radius 1 is 1.27 bits per heavy atom. The molecule has 6 nitrogen and oxygen atoms in total. The normalized spacial score (nSPS) is 11.0. The maximum absolute atomic E-state index is 13.2. The maximum atomic E-state index is 13.2. The molecule has 0 N–H and O–H groups in total. The van der Waals surface area contributed by atoms with Gasteiger partial charge in [-0.1, -0.05) is 12.1 Å². The molecule has 0 fully saturated rings. The first-order valence-electron chi connectivity index (χ1n) is 8.42. The Morgan fingerprint density at radius 2 is 1.96 bits per heavy atom. The summed E-state index contributed by atoms with van der Waals surface area (Å²) >= 11 is 0. The first-order chi connectivity index (χ1) is 12.4. The van der Waals surface area contributed by atoms with Crippen molar-refractivity contribution >= 4 is 5.91 Å². The van der Waals surface area contributed by atoms with Crippen LogP contribution < -0.4 is 0 Å². The lowest BCUT2D eigenvalue weighted by Gasteiger charge is -2.15. The van der Waals surface area contributed by atoms with Gasteiger partial charge in [-0.25, -0.2) is 4.39 Å². The first kappa shape index (κ1) is 17.8. The fraction of sp³-hybridized carbons (Fsp3) is 0.316. The van der Waals surface area contributed by atoms with Gasteiger partial charge >= 0.3 is 0 Å². The van der Waals surface area contributed by atoms with E-state index in [4.69, 9.17) is 4.52 Å². The zero-order valence-electron chi connectivity index (χ0n) is 15.3. The predicted octanol–water partition coefficient (Wildman–Crippen LogP) is 3.45. The van der Waals surface area contributed by atoms with E-state index in [1.54, 1.807) is 24.1 Å². The highest BCUT2D eigenvalue weighted by atomic mass is 19.1. The van der Waals surface area contributed by atoms with Crippen molar-refractivity contribution in [2.24, 2.45) is 0 Å². The molecule has 7 heteroatoms. The van der Waals surface area contributed by atoms with Crippen LogP contribution in [0.3, 0.4) is 0 Å². The molecule has 0 aliphatic carbocycles. The summed E-state index contributed by atoms with van der Waals surface area (Å²) in [5.74, 6) is 0.598. The second kappa shape index (κ2) is 7.11. The number of benzene rings is 1. The highest BCUT2D eigenvalue weighted by molar-refractivity contribution is 5.95. The Morgan fingerprint density at radius 3 is 2.58 bits per heavy atom. The van der Waals surface area contributed by atoms with Gasteiger partial charge in [-0.05, 0) is 44.2 Å².